The van der Waals surface area contributed by atoms with Crippen LogP contribution in [0.15, 0.2) is 18.6 Å². The molecule has 0 spiro atoms. The van der Waals surface area contributed by atoms with Crippen LogP contribution >= 0.6 is 11.3 Å². The van der Waals surface area contributed by atoms with E-state index < -0.39 is 0 Å². The molecule has 0 radical (unpaired) electrons. The molecule has 1 atom stereocenters. The van der Waals surface area contributed by atoms with Gasteiger partial charge in [-0.3, -0.25) is 9.97 Å². The molecule has 4 nitrogen and oxygen atoms in total. The molecule has 5 heteroatoms. The highest BCUT2D eigenvalue weighted by Crippen LogP contribution is 2.34. The van der Waals surface area contributed by atoms with Gasteiger partial charge >= 0.3 is 0 Å². The van der Waals surface area contributed by atoms with E-state index in [4.69, 9.17) is 0 Å². The quantitative estimate of drug-likeness (QED) is 0.864. The average Bonchev–Trinajstić information content (AvgIpc) is 2.95. The third-order valence-electron chi connectivity index (χ3n) is 4.11. The molecular formula is C17H24N4S. The van der Waals surface area contributed by atoms with Crippen LogP contribution in [0.2, 0.25) is 0 Å². The minimum absolute atomic E-state index is 0.484. The minimum Gasteiger partial charge on any atom is -0.306 e. The lowest BCUT2D eigenvalue weighted by Crippen LogP contribution is -2.31. The van der Waals surface area contributed by atoms with Crippen LogP contribution in [0.3, 0.4) is 0 Å². The van der Waals surface area contributed by atoms with Crippen molar-refractivity contribution >= 4 is 11.3 Å². The standard InChI is InChI=1S/C17H24N4S/c1-12(2)9-15-20-10-14(22-15)17-16(18-6-7-19-17)13-5-4-8-21(3)11-13/h6-7,10,12-13H,4-5,8-9,11H2,1-3H3/t13-/m1/s1. The van der Waals surface area contributed by atoms with E-state index in [0.717, 1.165) is 29.2 Å². The van der Waals surface area contributed by atoms with Gasteiger partial charge in [-0.2, -0.15) is 0 Å². The first-order chi connectivity index (χ1) is 10.6. The van der Waals surface area contributed by atoms with E-state index in [1.54, 1.807) is 17.5 Å². The molecule has 0 N–H and O–H groups in total. The predicted octanol–water partition coefficient (Wildman–Crippen LogP) is 3.61. The Kier molecular flexibility index (Phi) is 4.84. The van der Waals surface area contributed by atoms with Crippen molar-refractivity contribution < 1.29 is 0 Å². The van der Waals surface area contributed by atoms with Crippen molar-refractivity contribution in [2.24, 2.45) is 5.92 Å². The highest BCUT2D eigenvalue weighted by molar-refractivity contribution is 7.15. The van der Waals surface area contributed by atoms with Gasteiger partial charge in [-0.15, -0.1) is 11.3 Å². The highest BCUT2D eigenvalue weighted by Gasteiger charge is 2.24. The van der Waals surface area contributed by atoms with Crippen LogP contribution in [-0.4, -0.2) is 40.0 Å². The van der Waals surface area contributed by atoms with E-state index in [2.05, 4.69) is 40.7 Å². The van der Waals surface area contributed by atoms with Crippen LogP contribution in [0.1, 0.15) is 43.3 Å². The van der Waals surface area contributed by atoms with Gasteiger partial charge in [0.1, 0.15) is 5.69 Å². The molecular weight excluding hydrogens is 292 g/mol. The van der Waals surface area contributed by atoms with Crippen LogP contribution in [0.4, 0.5) is 0 Å². The monoisotopic (exact) mass is 316 g/mol. The van der Waals surface area contributed by atoms with Crippen molar-refractivity contribution in [2.75, 3.05) is 20.1 Å². The number of thiazole rings is 1. The molecule has 22 heavy (non-hydrogen) atoms. The first-order valence-corrected chi connectivity index (χ1v) is 8.89. The second-order valence-electron chi connectivity index (χ2n) is 6.61. The van der Waals surface area contributed by atoms with Crippen LogP contribution in [0.25, 0.3) is 10.6 Å². The maximum Gasteiger partial charge on any atom is 0.104 e. The van der Waals surface area contributed by atoms with E-state index in [0.29, 0.717) is 11.8 Å². The number of likely N-dealkylation sites (tertiary alicyclic amines) is 1. The van der Waals surface area contributed by atoms with E-state index in [1.165, 1.54) is 24.4 Å². The molecule has 0 unspecified atom stereocenters. The zero-order valence-corrected chi connectivity index (χ0v) is 14.4. The highest BCUT2D eigenvalue weighted by atomic mass is 32.1. The number of nitrogens with zero attached hydrogens (tertiary/aromatic N) is 4. The van der Waals surface area contributed by atoms with Crippen molar-refractivity contribution in [1.29, 1.82) is 0 Å². The third-order valence-corrected chi connectivity index (χ3v) is 5.13. The molecule has 3 rings (SSSR count). The number of hydrogen-bond acceptors (Lipinski definition) is 5. The zero-order chi connectivity index (χ0) is 15.5. The van der Waals surface area contributed by atoms with Gasteiger partial charge in [0.15, 0.2) is 0 Å². The molecule has 0 aromatic carbocycles. The second kappa shape index (κ2) is 6.84. The Bertz CT molecular complexity index is 623. The maximum absolute atomic E-state index is 4.67. The lowest BCUT2D eigenvalue weighted by atomic mass is 9.93. The topological polar surface area (TPSA) is 41.9 Å². The van der Waals surface area contributed by atoms with Crippen molar-refractivity contribution in [3.8, 4) is 10.6 Å². The summed E-state index contributed by atoms with van der Waals surface area (Å²) in [4.78, 5) is 17.4. The van der Waals surface area contributed by atoms with Gasteiger partial charge < -0.3 is 4.90 Å². The molecule has 0 bridgehead atoms. The van der Waals surface area contributed by atoms with Crippen LogP contribution in [-0.2, 0) is 6.42 Å². The van der Waals surface area contributed by atoms with Gasteiger partial charge in [0, 0.05) is 37.5 Å². The lowest BCUT2D eigenvalue weighted by Gasteiger charge is -2.29. The summed E-state index contributed by atoms with van der Waals surface area (Å²) in [6.07, 6.45) is 9.07. The summed E-state index contributed by atoms with van der Waals surface area (Å²) in [7, 11) is 2.19. The summed E-state index contributed by atoms with van der Waals surface area (Å²) >= 11 is 1.77. The Morgan fingerprint density at radius 2 is 2.09 bits per heavy atom. The zero-order valence-electron chi connectivity index (χ0n) is 13.6. The Labute approximate surface area is 136 Å². The molecule has 2 aromatic heterocycles. The summed E-state index contributed by atoms with van der Waals surface area (Å²) in [5.41, 5.74) is 2.18. The lowest BCUT2D eigenvalue weighted by molar-refractivity contribution is 0.248. The van der Waals surface area contributed by atoms with Gasteiger partial charge in [0.2, 0.25) is 0 Å². The third kappa shape index (κ3) is 3.52. The Morgan fingerprint density at radius 3 is 2.86 bits per heavy atom. The molecule has 118 valence electrons. The van der Waals surface area contributed by atoms with Crippen molar-refractivity contribution in [2.45, 2.75) is 39.0 Å². The summed E-state index contributed by atoms with van der Waals surface area (Å²) in [6, 6.07) is 0. The molecule has 0 aliphatic carbocycles. The van der Waals surface area contributed by atoms with Crippen LogP contribution < -0.4 is 0 Å². The van der Waals surface area contributed by atoms with E-state index in [9.17, 15) is 0 Å². The average molecular weight is 316 g/mol. The molecule has 0 saturated carbocycles. The number of aromatic nitrogens is 3. The Hall–Kier alpha value is -1.33. The van der Waals surface area contributed by atoms with E-state index in [1.807, 2.05) is 12.4 Å². The number of rotatable bonds is 4. The van der Waals surface area contributed by atoms with E-state index >= 15 is 0 Å². The fourth-order valence-corrected chi connectivity index (χ4v) is 4.23. The van der Waals surface area contributed by atoms with Crippen molar-refractivity contribution in [3.63, 3.8) is 0 Å². The summed E-state index contributed by atoms with van der Waals surface area (Å²) in [6.45, 7) is 6.72. The minimum atomic E-state index is 0.484. The number of piperidine rings is 1. The second-order valence-corrected chi connectivity index (χ2v) is 7.72. The Balaban J connectivity index is 1.89. The van der Waals surface area contributed by atoms with Gasteiger partial charge in [-0.25, -0.2) is 4.98 Å². The summed E-state index contributed by atoms with van der Waals surface area (Å²) in [5.74, 6) is 1.12. The smallest absolute Gasteiger partial charge is 0.104 e. The molecule has 3 heterocycles. The van der Waals surface area contributed by atoms with Gasteiger partial charge in [0.05, 0.1) is 15.6 Å². The molecule has 1 fully saturated rings. The molecule has 2 aromatic rings. The van der Waals surface area contributed by atoms with Gasteiger partial charge in [-0.05, 0) is 32.4 Å². The van der Waals surface area contributed by atoms with Crippen molar-refractivity contribution in [3.05, 3.63) is 29.3 Å². The predicted molar refractivity (Wildman–Crippen MR) is 91.2 cm³/mol. The van der Waals surface area contributed by atoms with Crippen LogP contribution in [0, 0.1) is 5.92 Å². The number of likely N-dealkylation sites (N-methyl/N-ethyl adjacent to an activating group) is 1. The maximum atomic E-state index is 4.67. The van der Waals surface area contributed by atoms with Crippen molar-refractivity contribution in [1.82, 2.24) is 19.9 Å². The summed E-state index contributed by atoms with van der Waals surface area (Å²) < 4.78 is 0. The fraction of sp³-hybridized carbons (Fsp3) is 0.588. The first kappa shape index (κ1) is 15.6. The first-order valence-electron chi connectivity index (χ1n) is 8.08. The molecule has 0 amide bonds. The van der Waals surface area contributed by atoms with Crippen LogP contribution in [0.5, 0.6) is 0 Å². The largest absolute Gasteiger partial charge is 0.306 e. The normalized spacial score (nSPS) is 19.7. The van der Waals surface area contributed by atoms with E-state index in [-0.39, 0.29) is 0 Å². The fourth-order valence-electron chi connectivity index (χ4n) is 3.09. The summed E-state index contributed by atoms with van der Waals surface area (Å²) in [5, 5.41) is 1.20. The van der Waals surface area contributed by atoms with Gasteiger partial charge in [-0.1, -0.05) is 13.8 Å². The Morgan fingerprint density at radius 1 is 1.27 bits per heavy atom. The van der Waals surface area contributed by atoms with Gasteiger partial charge in [0.25, 0.3) is 0 Å². The molecule has 1 aliphatic rings. The SMILES string of the molecule is CC(C)Cc1ncc(-c2nccnc2[C@@H]2CCCN(C)C2)s1. The number of hydrogen-bond donors (Lipinski definition) is 0. The molecule has 1 saturated heterocycles. The molecule has 1 aliphatic heterocycles.